The van der Waals surface area contributed by atoms with Gasteiger partial charge in [0.25, 0.3) is 12.6 Å². The van der Waals surface area contributed by atoms with Crippen molar-refractivity contribution in [2.24, 2.45) is 0 Å². The van der Waals surface area contributed by atoms with Crippen LogP contribution in [0.25, 0.3) is 0 Å². The normalized spacial score (nSPS) is 44.9. The first-order chi connectivity index (χ1) is 9.88. The second-order valence-electron chi connectivity index (χ2n) is 4.54. The van der Waals surface area contributed by atoms with E-state index in [1.165, 1.54) is 0 Å². The molecule has 3 aliphatic heterocycles. The van der Waals surface area contributed by atoms with Crippen LogP contribution in [0.15, 0.2) is 0 Å². The van der Waals surface area contributed by atoms with Crippen molar-refractivity contribution in [2.45, 2.75) is 43.3 Å². The van der Waals surface area contributed by atoms with E-state index in [4.69, 9.17) is 39.0 Å². The van der Waals surface area contributed by atoms with E-state index in [2.05, 4.69) is 0 Å². The Balaban J connectivity index is 1.82. The Morgan fingerprint density at radius 2 is 1.19 bits per heavy atom. The van der Waals surface area contributed by atoms with E-state index in [0.717, 1.165) is 0 Å². The third kappa shape index (κ3) is 2.24. The first kappa shape index (κ1) is 14.2. The molecule has 0 spiro atoms. The quantitative estimate of drug-likeness (QED) is 0.520. The van der Waals surface area contributed by atoms with Crippen molar-refractivity contribution in [3.63, 3.8) is 0 Å². The monoisotopic (exact) mass is 306 g/mol. The number of carbonyl (C=O) groups is 3. The summed E-state index contributed by atoms with van der Waals surface area (Å²) in [6, 6.07) is 0. The maximum absolute atomic E-state index is 11.1. The average molecular weight is 306 g/mol. The number of rotatable bonds is 3. The summed E-state index contributed by atoms with van der Waals surface area (Å²) < 4.78 is 25.1. The predicted octanol–water partition coefficient (Wildman–Crippen LogP) is -2.18. The van der Waals surface area contributed by atoms with Gasteiger partial charge in [0.15, 0.2) is 12.4 Å². The summed E-state index contributed by atoms with van der Waals surface area (Å²) in [5, 5.41) is 26.7. The Bertz CT molecular complexity index is 489. The zero-order valence-electron chi connectivity index (χ0n) is 10.1. The Morgan fingerprint density at radius 3 is 1.76 bits per heavy atom. The lowest BCUT2D eigenvalue weighted by atomic mass is 10.0. The molecule has 116 valence electrons. The Labute approximate surface area is 115 Å². The minimum atomic E-state index is -1.82. The maximum atomic E-state index is 11.1. The van der Waals surface area contributed by atoms with Crippen molar-refractivity contribution >= 4 is 17.9 Å². The van der Waals surface area contributed by atoms with Gasteiger partial charge in [-0.25, -0.2) is 14.4 Å². The lowest BCUT2D eigenvalue weighted by Crippen LogP contribution is -2.56. The molecule has 3 heterocycles. The topological polar surface area (TPSA) is 158 Å². The summed E-state index contributed by atoms with van der Waals surface area (Å²) in [5.41, 5.74) is 0. The highest BCUT2D eigenvalue weighted by atomic mass is 16.9. The van der Waals surface area contributed by atoms with Crippen molar-refractivity contribution in [1.29, 1.82) is 0 Å². The standard InChI is InChI=1S/C10H10O11/c11-5(12)3-1-2(18-9(19-3)6(13)14)4-8(17-1)21-10(20-4)7(15)16/h1-4,8-10H,(H,11,12)(H,13,14)(H,15,16). The van der Waals surface area contributed by atoms with Gasteiger partial charge in [-0.05, 0) is 0 Å². The molecule has 3 aliphatic rings. The number of hydrogen-bond acceptors (Lipinski definition) is 8. The van der Waals surface area contributed by atoms with Gasteiger partial charge in [-0.1, -0.05) is 0 Å². The van der Waals surface area contributed by atoms with E-state index in [-0.39, 0.29) is 0 Å². The first-order valence-corrected chi connectivity index (χ1v) is 5.84. The molecule has 0 aromatic carbocycles. The van der Waals surface area contributed by atoms with Gasteiger partial charge < -0.3 is 39.0 Å². The molecule has 3 fully saturated rings. The molecule has 0 aromatic rings. The molecule has 11 heteroatoms. The van der Waals surface area contributed by atoms with Crippen LogP contribution in [-0.4, -0.2) is 76.5 Å². The molecule has 0 radical (unpaired) electrons. The molecular weight excluding hydrogens is 296 g/mol. The fourth-order valence-corrected chi connectivity index (χ4v) is 2.41. The number of hydrogen-bond donors (Lipinski definition) is 3. The third-order valence-electron chi connectivity index (χ3n) is 3.24. The lowest BCUT2D eigenvalue weighted by molar-refractivity contribution is -0.289. The summed E-state index contributed by atoms with van der Waals surface area (Å²) in [5.74, 6) is -4.34. The van der Waals surface area contributed by atoms with Gasteiger partial charge in [0.2, 0.25) is 0 Å². The molecule has 3 N–H and O–H groups in total. The summed E-state index contributed by atoms with van der Waals surface area (Å²) in [6.45, 7) is 0. The highest BCUT2D eigenvalue weighted by molar-refractivity contribution is 5.76. The van der Waals surface area contributed by atoms with Gasteiger partial charge in [0, 0.05) is 0 Å². The molecule has 0 aliphatic carbocycles. The second-order valence-corrected chi connectivity index (χ2v) is 4.54. The third-order valence-corrected chi connectivity index (χ3v) is 3.24. The summed E-state index contributed by atoms with van der Waals surface area (Å²) in [4.78, 5) is 32.8. The fourth-order valence-electron chi connectivity index (χ4n) is 2.41. The van der Waals surface area contributed by atoms with E-state index in [1.807, 2.05) is 0 Å². The Kier molecular flexibility index (Phi) is 3.30. The summed E-state index contributed by atoms with van der Waals surface area (Å²) in [6.07, 6.45) is -9.51. The number of aliphatic carboxylic acids is 3. The van der Waals surface area contributed by atoms with Crippen LogP contribution in [0, 0.1) is 0 Å². The minimum absolute atomic E-state index is 1.05. The summed E-state index contributed by atoms with van der Waals surface area (Å²) in [7, 11) is 0. The van der Waals surface area contributed by atoms with Crippen LogP contribution >= 0.6 is 0 Å². The molecule has 0 aromatic heterocycles. The van der Waals surface area contributed by atoms with Crippen molar-refractivity contribution in [3.05, 3.63) is 0 Å². The van der Waals surface area contributed by atoms with Crippen molar-refractivity contribution in [2.75, 3.05) is 0 Å². The minimum Gasteiger partial charge on any atom is -0.479 e. The van der Waals surface area contributed by atoms with Crippen LogP contribution in [0.4, 0.5) is 0 Å². The SMILES string of the molecule is O=C(O)C1OC2OC3C(C(=O)O)OC(C(=O)O)OC3C2O1. The molecule has 7 atom stereocenters. The van der Waals surface area contributed by atoms with Gasteiger partial charge >= 0.3 is 17.9 Å². The van der Waals surface area contributed by atoms with Crippen LogP contribution in [0.2, 0.25) is 0 Å². The first-order valence-electron chi connectivity index (χ1n) is 5.84. The van der Waals surface area contributed by atoms with Gasteiger partial charge in [0.05, 0.1) is 0 Å². The van der Waals surface area contributed by atoms with Crippen LogP contribution in [0.3, 0.4) is 0 Å². The van der Waals surface area contributed by atoms with Gasteiger partial charge in [-0.3, -0.25) is 0 Å². The second kappa shape index (κ2) is 4.89. The fraction of sp³-hybridized carbons (Fsp3) is 0.700. The smallest absolute Gasteiger partial charge is 0.361 e. The van der Waals surface area contributed by atoms with Crippen molar-refractivity contribution < 1.29 is 53.4 Å². The predicted molar refractivity (Wildman–Crippen MR) is 54.8 cm³/mol. The van der Waals surface area contributed by atoms with Crippen LogP contribution < -0.4 is 0 Å². The molecule has 0 bridgehead atoms. The van der Waals surface area contributed by atoms with E-state index < -0.39 is 61.2 Å². The highest BCUT2D eigenvalue weighted by Gasteiger charge is 2.61. The maximum Gasteiger partial charge on any atom is 0.361 e. The molecular formula is C10H10O11. The number of carboxylic acids is 3. The molecule has 0 saturated carbocycles. The molecule has 3 saturated heterocycles. The number of fused-ring (bicyclic) bond motifs is 3. The van der Waals surface area contributed by atoms with Crippen LogP contribution in [0.1, 0.15) is 0 Å². The highest BCUT2D eigenvalue weighted by Crippen LogP contribution is 2.39. The average Bonchev–Trinajstić information content (AvgIpc) is 2.94. The number of carboxylic acid groups (broad SMARTS) is 3. The van der Waals surface area contributed by atoms with Crippen molar-refractivity contribution in [1.82, 2.24) is 0 Å². The van der Waals surface area contributed by atoms with E-state index >= 15 is 0 Å². The Hall–Kier alpha value is -1.79. The molecule has 3 rings (SSSR count). The molecule has 0 amide bonds. The van der Waals surface area contributed by atoms with Crippen molar-refractivity contribution in [3.8, 4) is 0 Å². The lowest BCUT2D eigenvalue weighted by Gasteiger charge is -2.35. The van der Waals surface area contributed by atoms with Gasteiger partial charge in [-0.15, -0.1) is 0 Å². The summed E-state index contributed by atoms with van der Waals surface area (Å²) >= 11 is 0. The zero-order valence-corrected chi connectivity index (χ0v) is 10.1. The van der Waals surface area contributed by atoms with Crippen LogP contribution in [-0.2, 0) is 38.1 Å². The molecule has 11 nitrogen and oxygen atoms in total. The van der Waals surface area contributed by atoms with Gasteiger partial charge in [0.1, 0.15) is 18.3 Å². The zero-order chi connectivity index (χ0) is 15.3. The Morgan fingerprint density at radius 1 is 0.619 bits per heavy atom. The molecule has 7 unspecified atom stereocenters. The largest absolute Gasteiger partial charge is 0.479 e. The number of ether oxygens (including phenoxy) is 5. The van der Waals surface area contributed by atoms with E-state index in [9.17, 15) is 14.4 Å². The van der Waals surface area contributed by atoms with Gasteiger partial charge in [-0.2, -0.15) is 0 Å². The van der Waals surface area contributed by atoms with E-state index in [1.54, 1.807) is 0 Å². The van der Waals surface area contributed by atoms with Crippen LogP contribution in [0.5, 0.6) is 0 Å². The van der Waals surface area contributed by atoms with E-state index in [0.29, 0.717) is 0 Å². The molecule has 21 heavy (non-hydrogen) atoms.